The van der Waals surface area contributed by atoms with Gasteiger partial charge in [-0.25, -0.2) is 4.98 Å². The molecule has 1 heterocycles. The largest absolute Gasteiger partial charge is 0.390 e. The average Bonchev–Trinajstić information content (AvgIpc) is 2.59. The Hall–Kier alpha value is -0.620. The molecular weight excluding hydrogens is 237 g/mol. The number of alkyl halides is 3. The Morgan fingerprint density at radius 2 is 2.19 bits per heavy atom. The summed E-state index contributed by atoms with van der Waals surface area (Å²) in [5, 5.41) is 3.66. The van der Waals surface area contributed by atoms with Gasteiger partial charge in [-0.3, -0.25) is 0 Å². The van der Waals surface area contributed by atoms with E-state index in [9.17, 15) is 13.2 Å². The first-order valence-corrected chi connectivity index (χ1v) is 5.96. The van der Waals surface area contributed by atoms with Crippen LogP contribution in [0.3, 0.4) is 0 Å². The molecule has 0 saturated carbocycles. The van der Waals surface area contributed by atoms with Gasteiger partial charge in [0.05, 0.1) is 6.42 Å². The van der Waals surface area contributed by atoms with E-state index in [1.807, 2.05) is 6.92 Å². The van der Waals surface area contributed by atoms with Gasteiger partial charge < -0.3 is 5.32 Å². The van der Waals surface area contributed by atoms with Crippen molar-refractivity contribution >= 4 is 11.3 Å². The number of nitrogens with zero attached hydrogens (tertiary/aromatic N) is 1. The average molecular weight is 252 g/mol. The van der Waals surface area contributed by atoms with Crippen LogP contribution in [0, 0.1) is 0 Å². The van der Waals surface area contributed by atoms with Gasteiger partial charge in [0.15, 0.2) is 0 Å². The van der Waals surface area contributed by atoms with E-state index in [0.717, 1.165) is 16.3 Å². The van der Waals surface area contributed by atoms with Crippen molar-refractivity contribution in [2.45, 2.75) is 45.5 Å². The Morgan fingerprint density at radius 1 is 1.50 bits per heavy atom. The van der Waals surface area contributed by atoms with Crippen LogP contribution in [0.4, 0.5) is 13.2 Å². The number of aromatic nitrogens is 1. The van der Waals surface area contributed by atoms with Crippen molar-refractivity contribution in [2.75, 3.05) is 0 Å². The molecule has 92 valence electrons. The number of halogens is 3. The predicted molar refractivity (Wildman–Crippen MR) is 58.5 cm³/mol. The van der Waals surface area contributed by atoms with Crippen LogP contribution in [0.25, 0.3) is 0 Å². The third kappa shape index (κ3) is 4.94. The van der Waals surface area contributed by atoms with Gasteiger partial charge >= 0.3 is 6.18 Å². The molecule has 0 spiro atoms. The van der Waals surface area contributed by atoms with Crippen LogP contribution < -0.4 is 5.32 Å². The molecule has 0 fully saturated rings. The fourth-order valence-electron chi connectivity index (χ4n) is 1.27. The summed E-state index contributed by atoms with van der Waals surface area (Å²) in [6.45, 7) is 3.96. The summed E-state index contributed by atoms with van der Waals surface area (Å²) < 4.78 is 36.1. The molecule has 0 radical (unpaired) electrons. The smallest absolute Gasteiger partial charge is 0.308 e. The van der Waals surface area contributed by atoms with Crippen LogP contribution in [0.1, 0.15) is 30.2 Å². The highest BCUT2D eigenvalue weighted by Crippen LogP contribution is 2.21. The van der Waals surface area contributed by atoms with Gasteiger partial charge in [-0.05, 0) is 13.3 Å². The van der Waals surface area contributed by atoms with Crippen LogP contribution in [0.5, 0.6) is 0 Å². The molecule has 16 heavy (non-hydrogen) atoms. The van der Waals surface area contributed by atoms with Gasteiger partial charge in [0.1, 0.15) is 5.01 Å². The fraction of sp³-hybridized carbons (Fsp3) is 0.700. The van der Waals surface area contributed by atoms with Crippen molar-refractivity contribution in [3.05, 3.63) is 16.1 Å². The van der Waals surface area contributed by atoms with E-state index in [1.54, 1.807) is 6.20 Å². The maximum Gasteiger partial charge on any atom is 0.390 e. The number of hydrogen-bond donors (Lipinski definition) is 1. The minimum atomic E-state index is -4.11. The van der Waals surface area contributed by atoms with E-state index in [1.165, 1.54) is 18.3 Å². The summed E-state index contributed by atoms with van der Waals surface area (Å²) >= 11 is 1.54. The molecule has 0 aliphatic carbocycles. The van der Waals surface area contributed by atoms with Gasteiger partial charge in [0.2, 0.25) is 0 Å². The van der Waals surface area contributed by atoms with Crippen molar-refractivity contribution in [3.8, 4) is 0 Å². The number of hydrogen-bond acceptors (Lipinski definition) is 3. The summed E-state index contributed by atoms with van der Waals surface area (Å²) in [6.07, 6.45) is -2.23. The first-order valence-electron chi connectivity index (χ1n) is 5.14. The SMILES string of the molecule is CCc1cnc(CNC(C)CC(F)(F)F)s1. The summed E-state index contributed by atoms with van der Waals surface area (Å²) in [6, 6.07) is -0.575. The molecule has 2 nitrogen and oxygen atoms in total. The Labute approximate surface area is 96.9 Å². The maximum absolute atomic E-state index is 12.0. The van der Waals surface area contributed by atoms with Crippen LogP contribution >= 0.6 is 11.3 Å². The zero-order chi connectivity index (χ0) is 12.2. The zero-order valence-corrected chi connectivity index (χ0v) is 10.1. The molecule has 1 unspecified atom stereocenters. The summed E-state index contributed by atoms with van der Waals surface area (Å²) in [4.78, 5) is 5.28. The van der Waals surface area contributed by atoms with E-state index >= 15 is 0 Å². The number of nitrogens with one attached hydrogen (secondary N) is 1. The number of aryl methyl sites for hydroxylation is 1. The third-order valence-electron chi connectivity index (χ3n) is 2.09. The van der Waals surface area contributed by atoms with E-state index < -0.39 is 18.6 Å². The Morgan fingerprint density at radius 3 is 2.69 bits per heavy atom. The monoisotopic (exact) mass is 252 g/mol. The lowest BCUT2D eigenvalue weighted by molar-refractivity contribution is -0.139. The van der Waals surface area contributed by atoms with Crippen LogP contribution in [0.2, 0.25) is 0 Å². The van der Waals surface area contributed by atoms with Crippen molar-refractivity contribution < 1.29 is 13.2 Å². The molecule has 1 N–H and O–H groups in total. The zero-order valence-electron chi connectivity index (χ0n) is 9.27. The van der Waals surface area contributed by atoms with E-state index in [-0.39, 0.29) is 0 Å². The topological polar surface area (TPSA) is 24.9 Å². The molecule has 0 amide bonds. The van der Waals surface area contributed by atoms with Gasteiger partial charge in [0.25, 0.3) is 0 Å². The van der Waals surface area contributed by atoms with E-state index in [4.69, 9.17) is 0 Å². The molecule has 6 heteroatoms. The summed E-state index contributed by atoms with van der Waals surface area (Å²) in [5.41, 5.74) is 0. The minimum Gasteiger partial charge on any atom is -0.308 e. The first-order chi connectivity index (χ1) is 7.40. The molecule has 0 aliphatic heterocycles. The van der Waals surface area contributed by atoms with Gasteiger partial charge in [-0.15, -0.1) is 11.3 Å². The molecule has 1 aromatic heterocycles. The lowest BCUT2D eigenvalue weighted by Gasteiger charge is -2.14. The van der Waals surface area contributed by atoms with Crippen LogP contribution in [0.15, 0.2) is 6.20 Å². The Balaban J connectivity index is 2.34. The Kier molecular flexibility index (Phi) is 4.73. The molecule has 1 atom stereocenters. The van der Waals surface area contributed by atoms with Gasteiger partial charge in [0, 0.05) is 23.7 Å². The van der Waals surface area contributed by atoms with Crippen LogP contribution in [-0.2, 0) is 13.0 Å². The second-order valence-corrected chi connectivity index (χ2v) is 4.87. The molecule has 1 rings (SSSR count). The van der Waals surface area contributed by atoms with Crippen molar-refractivity contribution in [3.63, 3.8) is 0 Å². The molecule has 0 bridgehead atoms. The molecular formula is C10H15F3N2S. The Bertz CT molecular complexity index is 322. The van der Waals surface area contributed by atoms with Crippen molar-refractivity contribution in [1.82, 2.24) is 10.3 Å². The lowest BCUT2D eigenvalue weighted by Crippen LogP contribution is -2.30. The van der Waals surface area contributed by atoms with Crippen molar-refractivity contribution in [2.24, 2.45) is 0 Å². The third-order valence-corrected chi connectivity index (χ3v) is 3.23. The first kappa shape index (κ1) is 13.4. The quantitative estimate of drug-likeness (QED) is 0.870. The summed E-state index contributed by atoms with van der Waals surface area (Å²) in [7, 11) is 0. The second-order valence-electron chi connectivity index (χ2n) is 3.68. The maximum atomic E-state index is 12.0. The highest BCUT2D eigenvalue weighted by atomic mass is 32.1. The van der Waals surface area contributed by atoms with Gasteiger partial charge in [-0.1, -0.05) is 6.92 Å². The molecule has 1 aromatic rings. The highest BCUT2D eigenvalue weighted by molar-refractivity contribution is 7.11. The lowest BCUT2D eigenvalue weighted by atomic mass is 10.2. The number of thiazole rings is 1. The second kappa shape index (κ2) is 5.63. The molecule has 0 aliphatic rings. The minimum absolute atomic E-state index is 0.405. The van der Waals surface area contributed by atoms with Crippen LogP contribution in [-0.4, -0.2) is 17.2 Å². The normalized spacial score (nSPS) is 14.1. The predicted octanol–water partition coefficient (Wildman–Crippen LogP) is 3.14. The molecule has 0 aromatic carbocycles. The highest BCUT2D eigenvalue weighted by Gasteiger charge is 2.29. The van der Waals surface area contributed by atoms with Crippen molar-refractivity contribution in [1.29, 1.82) is 0 Å². The number of rotatable bonds is 5. The molecule has 0 saturated heterocycles. The standard InChI is InChI=1S/C10H15F3N2S/c1-3-8-5-15-9(16-8)6-14-7(2)4-10(11,12)13/h5,7,14H,3-4,6H2,1-2H3. The summed E-state index contributed by atoms with van der Waals surface area (Å²) in [5.74, 6) is 0. The van der Waals surface area contributed by atoms with Gasteiger partial charge in [-0.2, -0.15) is 13.2 Å². The fourth-order valence-corrected chi connectivity index (χ4v) is 2.09. The van der Waals surface area contributed by atoms with E-state index in [0.29, 0.717) is 6.54 Å². The van der Waals surface area contributed by atoms with E-state index in [2.05, 4.69) is 10.3 Å².